The van der Waals surface area contributed by atoms with Gasteiger partial charge in [-0.3, -0.25) is 4.79 Å². The van der Waals surface area contributed by atoms with Gasteiger partial charge in [0.05, 0.1) is 6.42 Å². The quantitative estimate of drug-likeness (QED) is 0.363. The molecule has 0 aromatic heterocycles. The zero-order valence-corrected chi connectivity index (χ0v) is 12.0. The van der Waals surface area contributed by atoms with Crippen molar-refractivity contribution >= 4 is 11.7 Å². The van der Waals surface area contributed by atoms with Gasteiger partial charge in [-0.2, -0.15) is 0 Å². The maximum atomic E-state index is 13.6. The number of hydrogen-bond donors (Lipinski definition) is 2. The molecule has 1 rings (SSSR count). The minimum absolute atomic E-state index is 0.00917. The normalized spacial score (nSPS) is 13.0. The lowest BCUT2D eigenvalue weighted by molar-refractivity contribution is -0.130. The van der Waals surface area contributed by atoms with Crippen LogP contribution in [0.25, 0.3) is 0 Å². The van der Waals surface area contributed by atoms with Gasteiger partial charge in [-0.05, 0) is 13.0 Å². The summed E-state index contributed by atoms with van der Waals surface area (Å²) in [4.78, 5) is 13.6. The molecule has 1 amide bonds. The van der Waals surface area contributed by atoms with Crippen LogP contribution in [-0.4, -0.2) is 34.9 Å². The summed E-state index contributed by atoms with van der Waals surface area (Å²) in [6, 6.07) is 3.73. The highest BCUT2D eigenvalue weighted by Gasteiger charge is 2.19. The van der Waals surface area contributed by atoms with Crippen LogP contribution < -0.4 is 5.73 Å². The highest BCUT2D eigenvalue weighted by molar-refractivity contribution is 5.83. The van der Waals surface area contributed by atoms with Gasteiger partial charge in [0.15, 0.2) is 11.6 Å². The summed E-state index contributed by atoms with van der Waals surface area (Å²) in [7, 11) is 0. The maximum absolute atomic E-state index is 13.6. The van der Waals surface area contributed by atoms with Crippen LogP contribution in [0.5, 0.6) is 0 Å². The number of nitrogens with zero attached hydrogens (tertiary/aromatic N) is 2. The summed E-state index contributed by atoms with van der Waals surface area (Å²) in [6.07, 6.45) is -0.236. The first kappa shape index (κ1) is 16.9. The number of amidine groups is 1. The van der Waals surface area contributed by atoms with E-state index in [1.54, 1.807) is 13.8 Å². The molecule has 0 aliphatic heterocycles. The average Bonchev–Trinajstić information content (AvgIpc) is 2.48. The van der Waals surface area contributed by atoms with Crippen LogP contribution in [0.1, 0.15) is 19.4 Å². The lowest BCUT2D eigenvalue weighted by Crippen LogP contribution is -2.39. The molecule has 0 heterocycles. The maximum Gasteiger partial charge on any atom is 0.227 e. The van der Waals surface area contributed by atoms with Crippen molar-refractivity contribution in [1.29, 1.82) is 0 Å². The van der Waals surface area contributed by atoms with Crippen LogP contribution in [0.2, 0.25) is 0 Å². The summed E-state index contributed by atoms with van der Waals surface area (Å²) in [5, 5.41) is 11.5. The Bertz CT molecular complexity index is 535. The molecule has 0 radical (unpaired) electrons. The van der Waals surface area contributed by atoms with Gasteiger partial charge in [-0.15, -0.1) is 0 Å². The summed E-state index contributed by atoms with van der Waals surface area (Å²) in [6.45, 7) is 4.09. The van der Waals surface area contributed by atoms with Crippen molar-refractivity contribution in [3.05, 3.63) is 35.4 Å². The molecule has 0 bridgehead atoms. The zero-order valence-electron chi connectivity index (χ0n) is 12.0. The van der Waals surface area contributed by atoms with E-state index in [2.05, 4.69) is 5.16 Å². The number of rotatable bonds is 6. The molecule has 0 saturated carbocycles. The molecule has 0 saturated heterocycles. The van der Waals surface area contributed by atoms with Crippen molar-refractivity contribution in [2.24, 2.45) is 16.8 Å². The summed E-state index contributed by atoms with van der Waals surface area (Å²) >= 11 is 0. The highest BCUT2D eigenvalue weighted by Crippen LogP contribution is 2.13. The molecular formula is C14H19F2N3O2. The van der Waals surface area contributed by atoms with E-state index >= 15 is 0 Å². The van der Waals surface area contributed by atoms with Gasteiger partial charge in [0.2, 0.25) is 5.91 Å². The first-order valence-corrected chi connectivity index (χ1v) is 6.58. The fourth-order valence-corrected chi connectivity index (χ4v) is 1.89. The molecule has 3 N–H and O–H groups in total. The van der Waals surface area contributed by atoms with E-state index in [1.807, 2.05) is 0 Å². The minimum Gasteiger partial charge on any atom is -0.409 e. The monoisotopic (exact) mass is 299 g/mol. The van der Waals surface area contributed by atoms with E-state index in [9.17, 15) is 13.6 Å². The molecule has 5 nitrogen and oxygen atoms in total. The van der Waals surface area contributed by atoms with Gasteiger partial charge < -0.3 is 15.8 Å². The minimum atomic E-state index is -1.01. The fourth-order valence-electron chi connectivity index (χ4n) is 1.89. The number of carbonyl (C=O) groups excluding carboxylic acids is 1. The van der Waals surface area contributed by atoms with Crippen LogP contribution in [0, 0.1) is 17.6 Å². The van der Waals surface area contributed by atoms with Crippen LogP contribution >= 0.6 is 0 Å². The smallest absolute Gasteiger partial charge is 0.227 e. The van der Waals surface area contributed by atoms with Crippen molar-refractivity contribution in [3.63, 3.8) is 0 Å². The van der Waals surface area contributed by atoms with Crippen molar-refractivity contribution in [1.82, 2.24) is 4.90 Å². The molecule has 0 fully saturated rings. The Kier molecular flexibility index (Phi) is 6.08. The SMILES string of the molecule is CCN(CC(C)/C(N)=N/O)C(=O)Cc1cccc(F)c1F. The molecule has 1 aromatic carbocycles. The van der Waals surface area contributed by atoms with Crippen molar-refractivity contribution < 1.29 is 18.8 Å². The lowest BCUT2D eigenvalue weighted by atomic mass is 10.1. The molecule has 0 aliphatic rings. The van der Waals surface area contributed by atoms with Crippen molar-refractivity contribution in [2.75, 3.05) is 13.1 Å². The zero-order chi connectivity index (χ0) is 16.0. The van der Waals surface area contributed by atoms with Gasteiger partial charge in [-0.1, -0.05) is 24.2 Å². The van der Waals surface area contributed by atoms with Crippen molar-refractivity contribution in [2.45, 2.75) is 20.3 Å². The number of benzene rings is 1. The van der Waals surface area contributed by atoms with Gasteiger partial charge in [0.1, 0.15) is 5.84 Å². The van der Waals surface area contributed by atoms with E-state index in [-0.39, 0.29) is 36.2 Å². The third-order valence-corrected chi connectivity index (χ3v) is 3.22. The Morgan fingerprint density at radius 3 is 2.71 bits per heavy atom. The first-order valence-electron chi connectivity index (χ1n) is 6.58. The largest absolute Gasteiger partial charge is 0.409 e. The van der Waals surface area contributed by atoms with E-state index in [4.69, 9.17) is 10.9 Å². The number of nitrogens with two attached hydrogens (primary N) is 1. The van der Waals surface area contributed by atoms with Crippen LogP contribution in [0.3, 0.4) is 0 Å². The molecule has 7 heteroatoms. The van der Waals surface area contributed by atoms with E-state index in [0.29, 0.717) is 6.54 Å². The second-order valence-corrected chi connectivity index (χ2v) is 4.75. The molecular weight excluding hydrogens is 280 g/mol. The summed E-state index contributed by atoms with van der Waals surface area (Å²) in [5.74, 6) is -2.66. The molecule has 21 heavy (non-hydrogen) atoms. The third-order valence-electron chi connectivity index (χ3n) is 3.22. The molecule has 0 spiro atoms. The Balaban J connectivity index is 2.78. The lowest BCUT2D eigenvalue weighted by Gasteiger charge is -2.24. The molecule has 116 valence electrons. The predicted molar refractivity (Wildman–Crippen MR) is 74.9 cm³/mol. The predicted octanol–water partition coefficient (Wildman–Crippen LogP) is 1.74. The van der Waals surface area contributed by atoms with Gasteiger partial charge >= 0.3 is 0 Å². The Hall–Kier alpha value is -2.18. The van der Waals surface area contributed by atoms with E-state index in [1.165, 1.54) is 17.0 Å². The van der Waals surface area contributed by atoms with E-state index < -0.39 is 11.6 Å². The highest BCUT2D eigenvalue weighted by atomic mass is 19.2. The number of likely N-dealkylation sites (N-methyl/N-ethyl adjacent to an activating group) is 1. The first-order chi connectivity index (χ1) is 9.90. The topological polar surface area (TPSA) is 78.9 Å². The fraction of sp³-hybridized carbons (Fsp3) is 0.429. The van der Waals surface area contributed by atoms with Crippen LogP contribution in [0.15, 0.2) is 23.4 Å². The van der Waals surface area contributed by atoms with Crippen LogP contribution in [-0.2, 0) is 11.2 Å². The third kappa shape index (κ3) is 4.40. The van der Waals surface area contributed by atoms with Gasteiger partial charge in [-0.25, -0.2) is 8.78 Å². The Labute approximate surface area is 122 Å². The molecule has 1 unspecified atom stereocenters. The Morgan fingerprint density at radius 2 is 2.14 bits per heavy atom. The number of hydrogen-bond acceptors (Lipinski definition) is 3. The number of amides is 1. The van der Waals surface area contributed by atoms with Crippen molar-refractivity contribution in [3.8, 4) is 0 Å². The standard InChI is InChI=1S/C14H19F2N3O2/c1-3-19(8-9(2)14(17)18-21)12(20)7-10-5-4-6-11(15)13(10)16/h4-6,9,21H,3,7-8H2,1-2H3,(H2,17,18). The average molecular weight is 299 g/mol. The van der Waals surface area contributed by atoms with Gasteiger partial charge in [0, 0.05) is 24.6 Å². The van der Waals surface area contributed by atoms with Crippen LogP contribution in [0.4, 0.5) is 8.78 Å². The Morgan fingerprint density at radius 1 is 1.48 bits per heavy atom. The summed E-state index contributed by atoms with van der Waals surface area (Å²) < 4.78 is 26.7. The number of carbonyl (C=O) groups is 1. The molecule has 1 atom stereocenters. The molecule has 0 aliphatic carbocycles. The number of oxime groups is 1. The van der Waals surface area contributed by atoms with Gasteiger partial charge in [0.25, 0.3) is 0 Å². The molecule has 1 aromatic rings. The van der Waals surface area contributed by atoms with E-state index in [0.717, 1.165) is 6.07 Å². The second-order valence-electron chi connectivity index (χ2n) is 4.75. The summed E-state index contributed by atoms with van der Waals surface area (Å²) in [5.41, 5.74) is 5.48. The number of halogens is 2. The second kappa shape index (κ2) is 7.56.